The number of amides is 1. The summed E-state index contributed by atoms with van der Waals surface area (Å²) in [6.45, 7) is 10.8. The summed E-state index contributed by atoms with van der Waals surface area (Å²) < 4.78 is 31.0. The molecule has 0 fully saturated rings. The lowest BCUT2D eigenvalue weighted by Crippen LogP contribution is -2.43. The van der Waals surface area contributed by atoms with Crippen LogP contribution in [0.25, 0.3) is 11.4 Å². The molecule has 1 amide bonds. The molecule has 11 nitrogen and oxygen atoms in total. The van der Waals surface area contributed by atoms with Crippen molar-refractivity contribution in [3.63, 3.8) is 0 Å². The van der Waals surface area contributed by atoms with Crippen molar-refractivity contribution in [1.29, 1.82) is 0 Å². The molecule has 39 heavy (non-hydrogen) atoms. The van der Waals surface area contributed by atoms with Crippen LogP contribution in [0, 0.1) is 5.82 Å². The van der Waals surface area contributed by atoms with Gasteiger partial charge >= 0.3 is 12.1 Å². The van der Waals surface area contributed by atoms with E-state index >= 15 is 0 Å². The number of carbonyl (C=O) groups excluding carboxylic acids is 2. The van der Waals surface area contributed by atoms with E-state index in [0.29, 0.717) is 18.6 Å². The second kappa shape index (κ2) is 12.6. The van der Waals surface area contributed by atoms with Crippen LogP contribution < -0.4 is 10.1 Å². The van der Waals surface area contributed by atoms with Crippen LogP contribution in [-0.4, -0.2) is 61.1 Å². The number of esters is 1. The molecule has 2 heterocycles. The van der Waals surface area contributed by atoms with Crippen molar-refractivity contribution >= 4 is 12.1 Å². The Labute approximate surface area is 227 Å². The van der Waals surface area contributed by atoms with Crippen molar-refractivity contribution < 1.29 is 28.2 Å². The zero-order valence-corrected chi connectivity index (χ0v) is 23.1. The molecule has 0 saturated carbocycles. The molecule has 210 valence electrons. The monoisotopic (exact) mass is 542 g/mol. The number of ether oxygens (including phenoxy) is 3. The average Bonchev–Trinajstić information content (AvgIpc) is 3.26. The van der Waals surface area contributed by atoms with Crippen molar-refractivity contribution in [2.24, 2.45) is 0 Å². The van der Waals surface area contributed by atoms with E-state index in [0.717, 1.165) is 5.56 Å². The predicted octanol–water partition coefficient (Wildman–Crippen LogP) is 4.12. The van der Waals surface area contributed by atoms with E-state index in [-0.39, 0.29) is 24.5 Å². The zero-order valence-electron chi connectivity index (χ0n) is 23.1. The molecule has 0 radical (unpaired) electrons. The fraction of sp³-hybridized carbons (Fsp3) is 0.481. The quantitative estimate of drug-likeness (QED) is 0.376. The highest BCUT2D eigenvalue weighted by molar-refractivity contribution is 5.73. The molecular weight excluding hydrogens is 507 g/mol. The first kappa shape index (κ1) is 29.5. The fourth-order valence-corrected chi connectivity index (χ4v) is 3.44. The second-order valence-corrected chi connectivity index (χ2v) is 10.9. The Balaban J connectivity index is 1.66. The van der Waals surface area contributed by atoms with E-state index in [1.807, 2.05) is 12.1 Å². The number of aromatic nitrogens is 5. The van der Waals surface area contributed by atoms with Crippen LogP contribution in [-0.2, 0) is 27.2 Å². The van der Waals surface area contributed by atoms with E-state index < -0.39 is 35.1 Å². The number of tetrazole rings is 1. The van der Waals surface area contributed by atoms with Crippen LogP contribution in [0.3, 0.4) is 0 Å². The number of carbonyl (C=O) groups is 2. The molecule has 0 aliphatic rings. The van der Waals surface area contributed by atoms with Crippen LogP contribution in [0.2, 0.25) is 0 Å². The van der Waals surface area contributed by atoms with Crippen molar-refractivity contribution in [3.8, 4) is 17.1 Å². The standard InChI is InChI=1S/C27H35FN6O5/c1-26(2,3)38-23(35)16-20(30-25(36)39-27(4,5)6)17-34-32-24(31-33-34)19-7-8-22(21(28)15-19)37-14-11-18-9-12-29-13-10-18/h7-10,12-13,15,20H,11,14,16-17H2,1-6H3,(H,30,36)/t20-/m0/s1. The molecule has 1 aromatic carbocycles. The average molecular weight is 543 g/mol. The summed E-state index contributed by atoms with van der Waals surface area (Å²) in [7, 11) is 0. The van der Waals surface area contributed by atoms with Gasteiger partial charge in [0.25, 0.3) is 0 Å². The number of rotatable bonds is 10. The first-order valence-electron chi connectivity index (χ1n) is 12.6. The van der Waals surface area contributed by atoms with Crippen LogP contribution in [0.15, 0.2) is 42.7 Å². The van der Waals surface area contributed by atoms with Crippen LogP contribution in [0.4, 0.5) is 9.18 Å². The Morgan fingerprint density at radius 2 is 1.72 bits per heavy atom. The molecule has 0 unspecified atom stereocenters. The first-order valence-corrected chi connectivity index (χ1v) is 12.6. The van der Waals surface area contributed by atoms with Gasteiger partial charge < -0.3 is 19.5 Å². The Bertz CT molecular complexity index is 1220. The number of alkyl carbamates (subject to hydrolysis) is 1. The van der Waals surface area contributed by atoms with Crippen molar-refractivity contribution in [1.82, 2.24) is 30.5 Å². The molecule has 0 spiro atoms. The van der Waals surface area contributed by atoms with Crippen LogP contribution in [0.5, 0.6) is 5.75 Å². The molecule has 12 heteroatoms. The Morgan fingerprint density at radius 1 is 1.03 bits per heavy atom. The van der Waals surface area contributed by atoms with Gasteiger partial charge in [-0.1, -0.05) is 0 Å². The minimum absolute atomic E-state index is 0.00414. The fourth-order valence-electron chi connectivity index (χ4n) is 3.44. The van der Waals surface area contributed by atoms with Crippen molar-refractivity contribution in [2.45, 2.75) is 78.2 Å². The van der Waals surface area contributed by atoms with E-state index in [4.69, 9.17) is 14.2 Å². The van der Waals surface area contributed by atoms with Gasteiger partial charge in [-0.05, 0) is 82.7 Å². The Morgan fingerprint density at radius 3 is 2.36 bits per heavy atom. The summed E-state index contributed by atoms with van der Waals surface area (Å²) in [5.41, 5.74) is 0.0154. The minimum atomic E-state index is -0.746. The smallest absolute Gasteiger partial charge is 0.407 e. The van der Waals surface area contributed by atoms with Crippen LogP contribution >= 0.6 is 0 Å². The number of pyridine rings is 1. The number of nitrogens with one attached hydrogen (secondary N) is 1. The highest BCUT2D eigenvalue weighted by atomic mass is 19.1. The van der Waals surface area contributed by atoms with Gasteiger partial charge in [0.2, 0.25) is 5.82 Å². The molecule has 1 N–H and O–H groups in total. The molecule has 2 aromatic heterocycles. The molecule has 1 atom stereocenters. The summed E-state index contributed by atoms with van der Waals surface area (Å²) in [5.74, 6) is -0.789. The van der Waals surface area contributed by atoms with Gasteiger partial charge in [0.1, 0.15) is 11.2 Å². The number of nitrogens with zero attached hydrogens (tertiary/aromatic N) is 5. The Kier molecular flexibility index (Phi) is 9.55. The molecule has 3 rings (SSSR count). The van der Waals surface area contributed by atoms with E-state index in [1.54, 1.807) is 60.0 Å². The third-order valence-corrected chi connectivity index (χ3v) is 4.98. The summed E-state index contributed by atoms with van der Waals surface area (Å²) >= 11 is 0. The minimum Gasteiger partial charge on any atom is -0.490 e. The van der Waals surface area contributed by atoms with Gasteiger partial charge in [-0.25, -0.2) is 9.18 Å². The molecule has 0 aliphatic carbocycles. The number of benzene rings is 1. The van der Waals surface area contributed by atoms with Gasteiger partial charge in [0.15, 0.2) is 11.6 Å². The molecule has 0 saturated heterocycles. The molecular formula is C27H35FN6O5. The highest BCUT2D eigenvalue weighted by Gasteiger charge is 2.25. The number of hydrogen-bond donors (Lipinski definition) is 1. The summed E-state index contributed by atoms with van der Waals surface area (Å²) in [4.78, 5) is 30.0. The lowest BCUT2D eigenvalue weighted by atomic mass is 10.1. The largest absolute Gasteiger partial charge is 0.490 e. The van der Waals surface area contributed by atoms with Gasteiger partial charge in [0, 0.05) is 24.4 Å². The van der Waals surface area contributed by atoms with E-state index in [9.17, 15) is 14.0 Å². The van der Waals surface area contributed by atoms with Gasteiger partial charge in [-0.15, -0.1) is 10.2 Å². The summed E-state index contributed by atoms with van der Waals surface area (Å²) in [5, 5.41) is 15.0. The second-order valence-electron chi connectivity index (χ2n) is 10.9. The molecule has 0 aliphatic heterocycles. The first-order chi connectivity index (χ1) is 18.3. The number of hydrogen-bond acceptors (Lipinski definition) is 9. The maximum Gasteiger partial charge on any atom is 0.407 e. The summed E-state index contributed by atoms with van der Waals surface area (Å²) in [6, 6.07) is 7.40. The van der Waals surface area contributed by atoms with Gasteiger partial charge in [0.05, 0.1) is 25.6 Å². The van der Waals surface area contributed by atoms with Crippen molar-refractivity contribution in [3.05, 3.63) is 54.1 Å². The maximum absolute atomic E-state index is 14.7. The zero-order chi connectivity index (χ0) is 28.6. The molecule has 3 aromatic rings. The Hall–Kier alpha value is -4.09. The number of halogens is 1. The van der Waals surface area contributed by atoms with Crippen LogP contribution in [0.1, 0.15) is 53.5 Å². The predicted molar refractivity (Wildman–Crippen MR) is 140 cm³/mol. The van der Waals surface area contributed by atoms with Gasteiger partial charge in [-0.2, -0.15) is 4.80 Å². The third-order valence-electron chi connectivity index (χ3n) is 4.98. The highest BCUT2D eigenvalue weighted by Crippen LogP contribution is 2.23. The lowest BCUT2D eigenvalue weighted by Gasteiger charge is -2.24. The maximum atomic E-state index is 14.7. The van der Waals surface area contributed by atoms with Crippen molar-refractivity contribution in [2.75, 3.05) is 6.61 Å². The molecule has 0 bridgehead atoms. The van der Waals surface area contributed by atoms with E-state index in [1.165, 1.54) is 16.9 Å². The van der Waals surface area contributed by atoms with E-state index in [2.05, 4.69) is 25.7 Å². The summed E-state index contributed by atoms with van der Waals surface area (Å²) in [6.07, 6.45) is 3.16. The SMILES string of the molecule is CC(C)(C)OC(=O)C[C@@H](Cn1nnc(-c2ccc(OCCc3ccncc3)c(F)c2)n1)NC(=O)OC(C)(C)C. The normalized spacial score (nSPS) is 12.5. The van der Waals surface area contributed by atoms with Gasteiger partial charge in [-0.3, -0.25) is 9.78 Å². The topological polar surface area (TPSA) is 130 Å². The third kappa shape index (κ3) is 10.3. The lowest BCUT2D eigenvalue weighted by molar-refractivity contribution is -0.155.